The fourth-order valence-corrected chi connectivity index (χ4v) is 3.64. The van der Waals surface area contributed by atoms with Crippen molar-refractivity contribution in [3.05, 3.63) is 47.4 Å². The summed E-state index contributed by atoms with van der Waals surface area (Å²) in [5, 5.41) is 5.95. The zero-order valence-corrected chi connectivity index (χ0v) is 15.3. The topological polar surface area (TPSA) is 81.2 Å². The lowest BCUT2D eigenvalue weighted by molar-refractivity contribution is -0.144. The minimum Gasteiger partial charge on any atom is -0.455 e. The maximum Gasteiger partial charge on any atom is 0.316 e. The van der Waals surface area contributed by atoms with Gasteiger partial charge >= 0.3 is 5.97 Å². The van der Waals surface area contributed by atoms with Crippen LogP contribution in [0.15, 0.2) is 41.0 Å². The summed E-state index contributed by atoms with van der Waals surface area (Å²) < 4.78 is 18.4. The molecule has 3 rings (SSSR count). The molecule has 0 fully saturated rings. The van der Waals surface area contributed by atoms with E-state index in [2.05, 4.69) is 15.3 Å². The van der Waals surface area contributed by atoms with E-state index >= 15 is 0 Å². The monoisotopic (exact) mass is 391 g/mol. The highest BCUT2D eigenvalue weighted by Crippen LogP contribution is 2.27. The van der Waals surface area contributed by atoms with E-state index in [1.807, 2.05) is 11.4 Å². The number of rotatable bonds is 6. The van der Waals surface area contributed by atoms with Crippen LogP contribution in [0.3, 0.4) is 0 Å². The molecule has 0 atom stereocenters. The second kappa shape index (κ2) is 8.24. The second-order valence-electron chi connectivity index (χ2n) is 5.28. The Bertz CT molecular complexity index is 961. The summed E-state index contributed by atoms with van der Waals surface area (Å²) in [6.07, 6.45) is 1.45. The molecule has 9 heteroatoms. The van der Waals surface area contributed by atoms with Crippen molar-refractivity contribution < 1.29 is 18.7 Å². The van der Waals surface area contributed by atoms with Crippen molar-refractivity contribution >= 4 is 50.9 Å². The molecule has 2 heterocycles. The zero-order chi connectivity index (χ0) is 18.5. The van der Waals surface area contributed by atoms with E-state index in [1.54, 1.807) is 19.1 Å². The molecule has 26 heavy (non-hydrogen) atoms. The van der Waals surface area contributed by atoms with Gasteiger partial charge in [-0.25, -0.2) is 14.4 Å². The maximum atomic E-state index is 13.4. The highest BCUT2D eigenvalue weighted by Gasteiger charge is 2.12. The number of hydrogen-bond donors (Lipinski definition) is 1. The van der Waals surface area contributed by atoms with Gasteiger partial charge in [0.2, 0.25) is 0 Å². The number of hydrogen-bond acceptors (Lipinski definition) is 7. The van der Waals surface area contributed by atoms with Crippen molar-refractivity contribution in [2.75, 3.05) is 17.7 Å². The van der Waals surface area contributed by atoms with Crippen LogP contribution in [0.1, 0.15) is 5.56 Å². The quantitative estimate of drug-likeness (QED) is 0.394. The summed E-state index contributed by atoms with van der Waals surface area (Å²) in [6, 6.07) is 6.24. The number of thiophene rings is 1. The fraction of sp³-hybridized carbons (Fsp3) is 0.176. The summed E-state index contributed by atoms with van der Waals surface area (Å²) in [7, 11) is 0. The van der Waals surface area contributed by atoms with Crippen LogP contribution < -0.4 is 5.32 Å². The maximum absolute atomic E-state index is 13.4. The number of nitrogens with zero attached hydrogens (tertiary/aromatic N) is 2. The first-order chi connectivity index (χ1) is 12.5. The molecule has 1 aromatic carbocycles. The molecule has 2 aromatic heterocycles. The number of carbonyl (C=O) groups is 2. The average molecular weight is 391 g/mol. The van der Waals surface area contributed by atoms with Gasteiger partial charge in [0.1, 0.15) is 22.0 Å². The van der Waals surface area contributed by atoms with E-state index in [0.717, 1.165) is 10.2 Å². The molecule has 0 aliphatic carbocycles. The number of ether oxygens (including phenoxy) is 1. The fourth-order valence-electron chi connectivity index (χ4n) is 2.07. The third-order valence-corrected chi connectivity index (χ3v) is 5.17. The molecule has 0 radical (unpaired) electrons. The highest BCUT2D eigenvalue weighted by atomic mass is 32.2. The normalized spacial score (nSPS) is 10.7. The van der Waals surface area contributed by atoms with Gasteiger partial charge in [-0.3, -0.25) is 9.59 Å². The van der Waals surface area contributed by atoms with E-state index in [0.29, 0.717) is 16.3 Å². The van der Waals surface area contributed by atoms with E-state index in [-0.39, 0.29) is 5.75 Å². The number of benzene rings is 1. The molecule has 3 aromatic rings. The standard InChI is InChI=1S/C17H14FN3O3S2/c1-10-2-3-11(6-13(10)18)21-14(22)7-24-15(23)8-26-17-12-4-5-25-16(12)19-9-20-17/h2-6,9H,7-8H2,1H3,(H,21,22). The number of halogens is 1. The van der Waals surface area contributed by atoms with Crippen LogP contribution >= 0.6 is 23.1 Å². The third-order valence-electron chi connectivity index (χ3n) is 3.37. The molecule has 0 aliphatic heterocycles. The van der Waals surface area contributed by atoms with Gasteiger partial charge in [0.05, 0.1) is 5.75 Å². The summed E-state index contributed by atoms with van der Waals surface area (Å²) in [5.74, 6) is -1.47. The Hall–Kier alpha value is -2.52. The molecule has 134 valence electrons. The first-order valence-electron chi connectivity index (χ1n) is 7.55. The Labute approximate surface area is 156 Å². The number of aryl methyl sites for hydroxylation is 1. The van der Waals surface area contributed by atoms with Crippen molar-refractivity contribution in [2.24, 2.45) is 0 Å². The van der Waals surface area contributed by atoms with E-state index in [9.17, 15) is 14.0 Å². The number of thioether (sulfide) groups is 1. The van der Waals surface area contributed by atoms with E-state index < -0.39 is 24.3 Å². The summed E-state index contributed by atoms with van der Waals surface area (Å²) >= 11 is 2.71. The Morgan fingerprint density at radius 3 is 2.96 bits per heavy atom. The van der Waals surface area contributed by atoms with Crippen LogP contribution in [0.2, 0.25) is 0 Å². The van der Waals surface area contributed by atoms with Crippen molar-refractivity contribution in [2.45, 2.75) is 11.9 Å². The number of nitrogens with one attached hydrogen (secondary N) is 1. The van der Waals surface area contributed by atoms with Crippen molar-refractivity contribution in [1.82, 2.24) is 9.97 Å². The lowest BCUT2D eigenvalue weighted by Crippen LogP contribution is -2.21. The smallest absolute Gasteiger partial charge is 0.316 e. The number of esters is 1. The van der Waals surface area contributed by atoms with Gasteiger partial charge in [-0.2, -0.15) is 0 Å². The molecule has 1 amide bonds. The number of amides is 1. The molecule has 0 saturated carbocycles. The molecule has 1 N–H and O–H groups in total. The van der Waals surface area contributed by atoms with Crippen LogP contribution in [-0.4, -0.2) is 34.2 Å². The van der Waals surface area contributed by atoms with E-state index in [4.69, 9.17) is 4.74 Å². The van der Waals surface area contributed by atoms with Crippen LogP contribution in [0.5, 0.6) is 0 Å². The SMILES string of the molecule is Cc1ccc(NC(=O)COC(=O)CSc2ncnc3sccc23)cc1F. The lowest BCUT2D eigenvalue weighted by atomic mass is 10.2. The van der Waals surface area contributed by atoms with Gasteiger partial charge in [-0.1, -0.05) is 17.8 Å². The van der Waals surface area contributed by atoms with Crippen molar-refractivity contribution in [3.8, 4) is 0 Å². The van der Waals surface area contributed by atoms with Crippen molar-refractivity contribution in [1.29, 1.82) is 0 Å². The molecular formula is C17H14FN3O3S2. The Kier molecular flexibility index (Phi) is 5.79. The Morgan fingerprint density at radius 2 is 2.15 bits per heavy atom. The molecule has 0 bridgehead atoms. The predicted octanol–water partition coefficient (Wildman–Crippen LogP) is 3.41. The number of fused-ring (bicyclic) bond motifs is 1. The van der Waals surface area contributed by atoms with Gasteiger partial charge in [-0.15, -0.1) is 11.3 Å². The van der Waals surface area contributed by atoms with Gasteiger partial charge in [0, 0.05) is 11.1 Å². The first kappa shape index (κ1) is 18.3. The van der Waals surface area contributed by atoms with Crippen LogP contribution in [0, 0.1) is 12.7 Å². The Balaban J connectivity index is 1.47. The zero-order valence-electron chi connectivity index (χ0n) is 13.7. The number of carbonyl (C=O) groups excluding carboxylic acids is 2. The predicted molar refractivity (Wildman–Crippen MR) is 98.9 cm³/mol. The highest BCUT2D eigenvalue weighted by molar-refractivity contribution is 8.00. The molecule has 6 nitrogen and oxygen atoms in total. The van der Waals surface area contributed by atoms with Gasteiger partial charge < -0.3 is 10.1 Å². The van der Waals surface area contributed by atoms with Crippen LogP contribution in [-0.2, 0) is 14.3 Å². The van der Waals surface area contributed by atoms with Gasteiger partial charge in [0.15, 0.2) is 6.61 Å². The Morgan fingerprint density at radius 1 is 1.31 bits per heavy atom. The first-order valence-corrected chi connectivity index (χ1v) is 9.42. The summed E-state index contributed by atoms with van der Waals surface area (Å²) in [5.41, 5.74) is 0.792. The van der Waals surface area contributed by atoms with Crippen LogP contribution in [0.25, 0.3) is 10.2 Å². The third kappa shape index (κ3) is 4.55. The number of aromatic nitrogens is 2. The minimum atomic E-state index is -0.540. The van der Waals surface area contributed by atoms with Crippen molar-refractivity contribution in [3.63, 3.8) is 0 Å². The summed E-state index contributed by atoms with van der Waals surface area (Å²) in [4.78, 5) is 32.8. The molecular weight excluding hydrogens is 377 g/mol. The minimum absolute atomic E-state index is 0.0222. The second-order valence-corrected chi connectivity index (χ2v) is 7.14. The molecule has 0 saturated heterocycles. The largest absolute Gasteiger partial charge is 0.455 e. The molecule has 0 unspecified atom stereocenters. The van der Waals surface area contributed by atoms with Crippen LogP contribution in [0.4, 0.5) is 10.1 Å². The average Bonchev–Trinajstić information content (AvgIpc) is 3.10. The summed E-state index contributed by atoms with van der Waals surface area (Å²) in [6.45, 7) is 1.19. The lowest BCUT2D eigenvalue weighted by Gasteiger charge is -2.07. The van der Waals surface area contributed by atoms with Gasteiger partial charge in [-0.05, 0) is 36.1 Å². The van der Waals surface area contributed by atoms with E-state index in [1.165, 1.54) is 35.5 Å². The van der Waals surface area contributed by atoms with Gasteiger partial charge in [0.25, 0.3) is 5.91 Å². The number of anilines is 1. The molecule has 0 aliphatic rings. The molecule has 0 spiro atoms.